The van der Waals surface area contributed by atoms with Gasteiger partial charge in [-0.1, -0.05) is 38.1 Å². The van der Waals surface area contributed by atoms with E-state index < -0.39 is 0 Å². The number of hydrogen-bond donors (Lipinski definition) is 0. The first-order chi connectivity index (χ1) is 9.18. The molecular formula is C18H25N. The molecule has 4 rings (SSSR count). The van der Waals surface area contributed by atoms with Crippen molar-refractivity contribution in [3.63, 3.8) is 0 Å². The highest BCUT2D eigenvalue weighted by atomic mass is 15.2. The molecule has 0 aromatic heterocycles. The Morgan fingerprint density at radius 2 is 2.05 bits per heavy atom. The minimum absolute atomic E-state index is 0.416. The molecule has 3 atom stereocenters. The van der Waals surface area contributed by atoms with Gasteiger partial charge in [0.1, 0.15) is 0 Å². The van der Waals surface area contributed by atoms with Crippen LogP contribution in [-0.4, -0.2) is 24.0 Å². The topological polar surface area (TPSA) is 3.24 Å². The molecular weight excluding hydrogens is 230 g/mol. The van der Waals surface area contributed by atoms with Crippen molar-refractivity contribution in [2.45, 2.75) is 51.0 Å². The molecule has 0 amide bonds. The number of nitrogens with zero attached hydrogens (tertiary/aromatic N) is 1. The van der Waals surface area contributed by atoms with Gasteiger partial charge in [0, 0.05) is 12.6 Å². The van der Waals surface area contributed by atoms with Crippen LogP contribution < -0.4 is 0 Å². The highest BCUT2D eigenvalue weighted by Crippen LogP contribution is 2.49. The van der Waals surface area contributed by atoms with Gasteiger partial charge in [0.05, 0.1) is 0 Å². The molecule has 19 heavy (non-hydrogen) atoms. The van der Waals surface area contributed by atoms with Crippen LogP contribution in [0.1, 0.15) is 44.2 Å². The summed E-state index contributed by atoms with van der Waals surface area (Å²) in [7, 11) is 0. The maximum atomic E-state index is 2.82. The van der Waals surface area contributed by atoms with Crippen LogP contribution in [0.3, 0.4) is 0 Å². The lowest BCUT2D eigenvalue weighted by molar-refractivity contribution is 0.0284. The minimum atomic E-state index is 0.416. The number of fused-ring (bicyclic) bond motifs is 4. The van der Waals surface area contributed by atoms with Crippen LogP contribution in [0.5, 0.6) is 0 Å². The monoisotopic (exact) mass is 255 g/mol. The van der Waals surface area contributed by atoms with Crippen LogP contribution in [0.15, 0.2) is 24.3 Å². The summed E-state index contributed by atoms with van der Waals surface area (Å²) in [5.74, 6) is 1.82. The predicted molar refractivity (Wildman–Crippen MR) is 79.4 cm³/mol. The molecule has 1 aliphatic heterocycles. The summed E-state index contributed by atoms with van der Waals surface area (Å²) in [5, 5.41) is 0. The lowest BCUT2D eigenvalue weighted by Gasteiger charge is -2.54. The summed E-state index contributed by atoms with van der Waals surface area (Å²) >= 11 is 0. The Kier molecular flexibility index (Phi) is 2.57. The van der Waals surface area contributed by atoms with Crippen molar-refractivity contribution in [1.82, 2.24) is 4.90 Å². The number of piperidine rings is 1. The maximum absolute atomic E-state index is 2.82. The standard InChI is InChI=1S/C18H25N/c1-13-17-11-15-5-3-4-6-16(15)18(13,2)9-10-19(17)12-14-7-8-14/h3-6,13-14,17H,7-12H2,1-2H3/t13?,17-,18+/m0/s1. The Morgan fingerprint density at radius 1 is 1.26 bits per heavy atom. The van der Waals surface area contributed by atoms with Crippen LogP contribution in [0.2, 0.25) is 0 Å². The van der Waals surface area contributed by atoms with E-state index in [4.69, 9.17) is 0 Å². The van der Waals surface area contributed by atoms with Gasteiger partial charge in [-0.05, 0) is 60.6 Å². The second kappa shape index (κ2) is 4.09. The zero-order valence-electron chi connectivity index (χ0n) is 12.2. The Morgan fingerprint density at radius 3 is 2.84 bits per heavy atom. The van der Waals surface area contributed by atoms with Gasteiger partial charge in [0.25, 0.3) is 0 Å². The van der Waals surface area contributed by atoms with E-state index in [0.717, 1.165) is 17.9 Å². The molecule has 1 heterocycles. The lowest BCUT2D eigenvalue weighted by atomic mass is 9.59. The molecule has 1 saturated heterocycles. The molecule has 2 fully saturated rings. The molecule has 0 N–H and O–H groups in total. The van der Waals surface area contributed by atoms with E-state index in [9.17, 15) is 0 Å². The number of rotatable bonds is 2. The fourth-order valence-electron chi connectivity index (χ4n) is 4.54. The van der Waals surface area contributed by atoms with Crippen molar-refractivity contribution < 1.29 is 0 Å². The highest BCUT2D eigenvalue weighted by Gasteiger charge is 2.48. The Balaban J connectivity index is 1.70. The Labute approximate surface area is 117 Å². The maximum Gasteiger partial charge on any atom is 0.0170 e. The van der Waals surface area contributed by atoms with Crippen molar-refractivity contribution in [2.24, 2.45) is 11.8 Å². The van der Waals surface area contributed by atoms with Crippen LogP contribution in [0, 0.1) is 11.8 Å². The second-order valence-electron chi connectivity index (χ2n) is 7.32. The summed E-state index contributed by atoms with van der Waals surface area (Å²) < 4.78 is 0. The highest BCUT2D eigenvalue weighted by molar-refractivity contribution is 5.39. The van der Waals surface area contributed by atoms with E-state index in [1.807, 2.05) is 0 Å². The fourth-order valence-corrected chi connectivity index (χ4v) is 4.54. The molecule has 102 valence electrons. The van der Waals surface area contributed by atoms with E-state index in [1.165, 1.54) is 38.8 Å². The quantitative estimate of drug-likeness (QED) is 0.780. The van der Waals surface area contributed by atoms with Crippen LogP contribution in [-0.2, 0) is 11.8 Å². The fraction of sp³-hybridized carbons (Fsp3) is 0.667. The smallest absolute Gasteiger partial charge is 0.0170 e. The average molecular weight is 255 g/mol. The number of benzene rings is 1. The first kappa shape index (κ1) is 12.0. The van der Waals surface area contributed by atoms with Crippen molar-refractivity contribution in [2.75, 3.05) is 13.1 Å². The number of likely N-dealkylation sites (tertiary alicyclic amines) is 1. The molecule has 0 radical (unpaired) electrons. The molecule has 0 spiro atoms. The summed E-state index contributed by atoms with van der Waals surface area (Å²) in [6, 6.07) is 9.99. The third-order valence-corrected chi connectivity index (χ3v) is 6.22. The molecule has 1 heteroatoms. The zero-order valence-corrected chi connectivity index (χ0v) is 12.2. The van der Waals surface area contributed by atoms with Crippen molar-refractivity contribution in [3.8, 4) is 0 Å². The van der Waals surface area contributed by atoms with Crippen LogP contribution in [0.25, 0.3) is 0 Å². The molecule has 1 nitrogen and oxygen atoms in total. The molecule has 1 aromatic rings. The predicted octanol–water partition coefficient (Wildman–Crippen LogP) is 3.62. The van der Waals surface area contributed by atoms with E-state index in [-0.39, 0.29) is 0 Å². The van der Waals surface area contributed by atoms with E-state index in [1.54, 1.807) is 11.1 Å². The molecule has 2 aliphatic carbocycles. The second-order valence-corrected chi connectivity index (χ2v) is 7.32. The molecule has 1 saturated carbocycles. The molecule has 2 bridgehead atoms. The summed E-state index contributed by atoms with van der Waals surface area (Å²) in [6.45, 7) is 7.69. The van der Waals surface area contributed by atoms with Crippen molar-refractivity contribution in [1.29, 1.82) is 0 Å². The third-order valence-electron chi connectivity index (χ3n) is 6.22. The van der Waals surface area contributed by atoms with Crippen molar-refractivity contribution in [3.05, 3.63) is 35.4 Å². The number of hydrogen-bond acceptors (Lipinski definition) is 1. The van der Waals surface area contributed by atoms with Crippen LogP contribution >= 0.6 is 0 Å². The molecule has 1 unspecified atom stereocenters. The third kappa shape index (κ3) is 1.78. The van der Waals surface area contributed by atoms with E-state index >= 15 is 0 Å². The van der Waals surface area contributed by atoms with Gasteiger partial charge >= 0.3 is 0 Å². The molecule has 3 aliphatic rings. The van der Waals surface area contributed by atoms with Gasteiger partial charge in [-0.3, -0.25) is 4.90 Å². The first-order valence-corrected chi connectivity index (χ1v) is 8.01. The summed E-state index contributed by atoms with van der Waals surface area (Å²) in [5.41, 5.74) is 3.68. The minimum Gasteiger partial charge on any atom is -0.299 e. The van der Waals surface area contributed by atoms with Gasteiger partial charge in [0.2, 0.25) is 0 Å². The van der Waals surface area contributed by atoms with Gasteiger partial charge in [-0.25, -0.2) is 0 Å². The SMILES string of the molecule is CC1[C@@H]2Cc3ccccc3[C@]1(C)CCN2CC1CC1. The van der Waals surface area contributed by atoms with Gasteiger partial charge in [-0.2, -0.15) is 0 Å². The van der Waals surface area contributed by atoms with Crippen LogP contribution in [0.4, 0.5) is 0 Å². The molecule has 1 aromatic carbocycles. The normalized spacial score (nSPS) is 38.0. The first-order valence-electron chi connectivity index (χ1n) is 8.01. The zero-order chi connectivity index (χ0) is 13.0. The Bertz CT molecular complexity index is 490. The lowest BCUT2D eigenvalue weighted by Crippen LogP contribution is -2.58. The largest absolute Gasteiger partial charge is 0.299 e. The summed E-state index contributed by atoms with van der Waals surface area (Å²) in [6.07, 6.45) is 5.57. The van der Waals surface area contributed by atoms with Gasteiger partial charge in [-0.15, -0.1) is 0 Å². The van der Waals surface area contributed by atoms with E-state index in [2.05, 4.69) is 43.0 Å². The Hall–Kier alpha value is -0.820. The van der Waals surface area contributed by atoms with Crippen molar-refractivity contribution >= 4 is 0 Å². The van der Waals surface area contributed by atoms with E-state index in [0.29, 0.717) is 5.41 Å². The van der Waals surface area contributed by atoms with Gasteiger partial charge < -0.3 is 0 Å². The average Bonchev–Trinajstić information content (AvgIpc) is 3.21. The summed E-state index contributed by atoms with van der Waals surface area (Å²) in [4.78, 5) is 2.82. The van der Waals surface area contributed by atoms with Gasteiger partial charge in [0.15, 0.2) is 0 Å².